The minimum absolute atomic E-state index is 0.0867. The maximum Gasteiger partial charge on any atom is 0.322 e. The number of sulfone groups is 1. The van der Waals surface area contributed by atoms with Crippen LogP contribution >= 0.6 is 11.8 Å². The van der Waals surface area contributed by atoms with Crippen LogP contribution in [0.2, 0.25) is 0 Å². The predicted octanol–water partition coefficient (Wildman–Crippen LogP) is 0.839. The van der Waals surface area contributed by atoms with Crippen LogP contribution in [0.4, 0.5) is 5.95 Å². The lowest BCUT2D eigenvalue weighted by atomic mass is 10.5. The molecule has 0 saturated heterocycles. The minimum Gasteiger partial charge on any atom is -0.463 e. The van der Waals surface area contributed by atoms with Gasteiger partial charge in [-0.05, 0) is 6.42 Å². The van der Waals surface area contributed by atoms with Crippen molar-refractivity contribution in [2.75, 3.05) is 36.7 Å². The van der Waals surface area contributed by atoms with Gasteiger partial charge in [-0.3, -0.25) is 0 Å². The number of nitrogens with one attached hydrogen (secondary N) is 1. The van der Waals surface area contributed by atoms with Crippen LogP contribution < -0.4 is 10.1 Å². The Morgan fingerprint density at radius 1 is 1.32 bits per heavy atom. The molecule has 0 unspecified atom stereocenters. The summed E-state index contributed by atoms with van der Waals surface area (Å²) in [6.45, 7) is 2.52. The molecule has 108 valence electrons. The van der Waals surface area contributed by atoms with Gasteiger partial charge in [0, 0.05) is 19.1 Å². The fourth-order valence-corrected chi connectivity index (χ4v) is 3.08. The Balaban J connectivity index is 2.70. The van der Waals surface area contributed by atoms with Gasteiger partial charge in [-0.25, -0.2) is 8.42 Å². The van der Waals surface area contributed by atoms with E-state index < -0.39 is 9.84 Å². The molecule has 0 spiro atoms. The molecule has 0 amide bonds. The quantitative estimate of drug-likeness (QED) is 0.706. The molecule has 1 aromatic heterocycles. The second-order valence-corrected chi connectivity index (χ2v) is 7.12. The molecule has 0 saturated carbocycles. The molecule has 1 rings (SSSR count). The van der Waals surface area contributed by atoms with Crippen LogP contribution in [0.25, 0.3) is 0 Å². The summed E-state index contributed by atoms with van der Waals surface area (Å²) in [5.74, 6) is 0.894. The highest BCUT2D eigenvalue weighted by Gasteiger charge is 2.09. The normalized spacial score (nSPS) is 11.3. The van der Waals surface area contributed by atoms with Crippen molar-refractivity contribution in [3.63, 3.8) is 0 Å². The molecule has 0 aliphatic heterocycles. The van der Waals surface area contributed by atoms with Gasteiger partial charge in [0.25, 0.3) is 0 Å². The van der Waals surface area contributed by atoms with Gasteiger partial charge in [-0.15, -0.1) is 0 Å². The van der Waals surface area contributed by atoms with Gasteiger partial charge >= 0.3 is 6.01 Å². The summed E-state index contributed by atoms with van der Waals surface area (Å²) in [6, 6.07) is 0.253. The van der Waals surface area contributed by atoms with Crippen LogP contribution in [0.15, 0.2) is 5.16 Å². The van der Waals surface area contributed by atoms with Gasteiger partial charge in [0.2, 0.25) is 5.95 Å². The number of thioether (sulfide) groups is 1. The smallest absolute Gasteiger partial charge is 0.322 e. The molecule has 1 N–H and O–H groups in total. The van der Waals surface area contributed by atoms with Crippen LogP contribution in [0.1, 0.15) is 13.3 Å². The van der Waals surface area contributed by atoms with E-state index in [0.717, 1.165) is 6.42 Å². The summed E-state index contributed by atoms with van der Waals surface area (Å²) in [7, 11) is -1.27. The van der Waals surface area contributed by atoms with E-state index in [1.807, 2.05) is 6.92 Å². The Labute approximate surface area is 117 Å². The number of nitrogens with zero attached hydrogens (tertiary/aromatic N) is 3. The van der Waals surface area contributed by atoms with Crippen LogP contribution in [-0.4, -0.2) is 54.8 Å². The van der Waals surface area contributed by atoms with Gasteiger partial charge in [-0.1, -0.05) is 18.7 Å². The van der Waals surface area contributed by atoms with E-state index in [9.17, 15) is 8.42 Å². The molecule has 0 aromatic carbocycles. The van der Waals surface area contributed by atoms with E-state index in [-0.39, 0.29) is 11.8 Å². The summed E-state index contributed by atoms with van der Waals surface area (Å²) < 4.78 is 27.5. The summed E-state index contributed by atoms with van der Waals surface area (Å²) in [6.07, 6.45) is 2.06. The predicted molar refractivity (Wildman–Crippen MR) is 75.6 cm³/mol. The molecule has 9 heteroatoms. The summed E-state index contributed by atoms with van der Waals surface area (Å²) in [4.78, 5) is 12.3. The average Bonchev–Trinajstić information content (AvgIpc) is 2.34. The van der Waals surface area contributed by atoms with E-state index >= 15 is 0 Å². The van der Waals surface area contributed by atoms with E-state index in [0.29, 0.717) is 23.5 Å². The molecule has 0 radical (unpaired) electrons. The topological polar surface area (TPSA) is 94.1 Å². The average molecular weight is 306 g/mol. The van der Waals surface area contributed by atoms with Crippen molar-refractivity contribution in [2.45, 2.75) is 18.5 Å². The van der Waals surface area contributed by atoms with Crippen LogP contribution in [0, 0.1) is 0 Å². The lowest BCUT2D eigenvalue weighted by Gasteiger charge is -2.06. The zero-order chi connectivity index (χ0) is 14.3. The fourth-order valence-electron chi connectivity index (χ4n) is 1.06. The van der Waals surface area contributed by atoms with Gasteiger partial charge in [-0.2, -0.15) is 15.0 Å². The highest BCUT2D eigenvalue weighted by molar-refractivity contribution is 8.00. The summed E-state index contributed by atoms with van der Waals surface area (Å²) in [5.41, 5.74) is 0. The monoisotopic (exact) mass is 306 g/mol. The van der Waals surface area contributed by atoms with Gasteiger partial charge in [0.05, 0.1) is 12.4 Å². The maximum atomic E-state index is 11.0. The van der Waals surface area contributed by atoms with Crippen molar-refractivity contribution in [2.24, 2.45) is 0 Å². The first-order chi connectivity index (χ1) is 8.94. The van der Waals surface area contributed by atoms with E-state index in [1.165, 1.54) is 18.0 Å². The van der Waals surface area contributed by atoms with Crippen molar-refractivity contribution in [1.82, 2.24) is 15.0 Å². The lowest BCUT2D eigenvalue weighted by molar-refractivity contribution is 0.288. The zero-order valence-electron chi connectivity index (χ0n) is 11.2. The number of ether oxygens (including phenoxy) is 1. The fraction of sp³-hybridized carbons (Fsp3) is 0.700. The SMILES string of the molecule is CCCOc1nc(NC)nc(SCCS(C)(=O)=O)n1. The number of aromatic nitrogens is 3. The Hall–Kier alpha value is -1.09. The largest absolute Gasteiger partial charge is 0.463 e. The standard InChI is InChI=1S/C10H18N4O3S2/c1-4-5-17-9-12-8(11-2)13-10(14-9)18-6-7-19(3,15)16/h4-7H2,1-3H3,(H,11,12,13,14). The second kappa shape index (κ2) is 7.49. The van der Waals surface area contributed by atoms with Gasteiger partial charge in [0.15, 0.2) is 5.16 Å². The Morgan fingerprint density at radius 3 is 2.63 bits per heavy atom. The molecule has 0 aliphatic rings. The molecule has 0 bridgehead atoms. The molecule has 1 heterocycles. The minimum atomic E-state index is -2.97. The number of hydrogen-bond donors (Lipinski definition) is 1. The highest BCUT2D eigenvalue weighted by Crippen LogP contribution is 2.17. The van der Waals surface area contributed by atoms with Crippen LogP contribution in [-0.2, 0) is 9.84 Å². The number of rotatable bonds is 8. The van der Waals surface area contributed by atoms with Gasteiger partial charge in [0.1, 0.15) is 9.84 Å². The Bertz CT molecular complexity index is 507. The molecule has 19 heavy (non-hydrogen) atoms. The molecular formula is C10H18N4O3S2. The summed E-state index contributed by atoms with van der Waals surface area (Å²) in [5, 5.41) is 3.27. The third-order valence-electron chi connectivity index (χ3n) is 1.94. The molecule has 0 atom stereocenters. The molecule has 0 fully saturated rings. The van der Waals surface area contributed by atoms with Crippen molar-refractivity contribution in [1.29, 1.82) is 0 Å². The van der Waals surface area contributed by atoms with Crippen molar-refractivity contribution in [3.8, 4) is 6.01 Å². The molecule has 0 aliphatic carbocycles. The lowest BCUT2D eigenvalue weighted by Crippen LogP contribution is -2.08. The first-order valence-corrected chi connectivity index (χ1v) is 8.86. The van der Waals surface area contributed by atoms with E-state index in [2.05, 4.69) is 20.3 Å². The van der Waals surface area contributed by atoms with Gasteiger partial charge < -0.3 is 10.1 Å². The molecule has 7 nitrogen and oxygen atoms in total. The second-order valence-electron chi connectivity index (χ2n) is 3.80. The third kappa shape index (κ3) is 6.58. The maximum absolute atomic E-state index is 11.0. The van der Waals surface area contributed by atoms with Crippen LogP contribution in [0.3, 0.4) is 0 Å². The first kappa shape index (κ1) is 16.0. The Kier molecular flexibility index (Phi) is 6.29. The van der Waals surface area contributed by atoms with Crippen molar-refractivity contribution < 1.29 is 13.2 Å². The van der Waals surface area contributed by atoms with Crippen molar-refractivity contribution >= 4 is 27.5 Å². The van der Waals surface area contributed by atoms with Crippen molar-refractivity contribution in [3.05, 3.63) is 0 Å². The first-order valence-electron chi connectivity index (χ1n) is 5.81. The van der Waals surface area contributed by atoms with E-state index in [1.54, 1.807) is 7.05 Å². The van der Waals surface area contributed by atoms with E-state index in [4.69, 9.17) is 4.74 Å². The molecular weight excluding hydrogens is 288 g/mol. The Morgan fingerprint density at radius 2 is 2.05 bits per heavy atom. The highest BCUT2D eigenvalue weighted by atomic mass is 32.2. The summed E-state index contributed by atoms with van der Waals surface area (Å²) >= 11 is 1.26. The zero-order valence-corrected chi connectivity index (χ0v) is 12.8. The third-order valence-corrected chi connectivity index (χ3v) is 3.99. The number of anilines is 1. The van der Waals surface area contributed by atoms with Crippen LogP contribution in [0.5, 0.6) is 6.01 Å². The number of hydrogen-bond acceptors (Lipinski definition) is 8. The molecule has 1 aromatic rings.